The molecule has 0 spiro atoms. The molecule has 1 aromatic carbocycles. The maximum Gasteiger partial charge on any atom is 0.0406 e. The van der Waals surface area contributed by atoms with Crippen molar-refractivity contribution < 1.29 is 0 Å². The predicted molar refractivity (Wildman–Crippen MR) is 67.9 cm³/mol. The van der Waals surface area contributed by atoms with Gasteiger partial charge in [0.05, 0.1) is 0 Å². The van der Waals surface area contributed by atoms with Crippen LogP contribution in [-0.2, 0) is 0 Å². The zero-order valence-corrected chi connectivity index (χ0v) is 10.4. The van der Waals surface area contributed by atoms with Gasteiger partial charge in [-0.15, -0.1) is 0 Å². The number of halogens is 1. The molecule has 1 aromatic rings. The predicted octanol–water partition coefficient (Wildman–Crippen LogP) is 3.58. The molecule has 2 atom stereocenters. The monoisotopic (exact) mass is 235 g/mol. The fourth-order valence-corrected chi connectivity index (χ4v) is 2.74. The van der Waals surface area contributed by atoms with Gasteiger partial charge in [0.1, 0.15) is 0 Å². The van der Waals surface area contributed by atoms with Crippen molar-refractivity contribution in [3.8, 4) is 0 Å². The van der Waals surface area contributed by atoms with Crippen molar-refractivity contribution >= 4 is 11.6 Å². The lowest BCUT2D eigenvalue weighted by molar-refractivity contribution is 0.286. The fourth-order valence-electron chi connectivity index (χ4n) is 2.62. The van der Waals surface area contributed by atoms with Crippen LogP contribution in [0.15, 0.2) is 24.3 Å². The average Bonchev–Trinajstić information content (AvgIpc) is 2.90. The molecule has 2 heteroatoms. The molecule has 0 amide bonds. The molecular formula is C14H18ClN. The third kappa shape index (κ3) is 2.11. The zero-order valence-electron chi connectivity index (χ0n) is 9.62. The summed E-state index contributed by atoms with van der Waals surface area (Å²) in [6, 6.07) is 9.92. The van der Waals surface area contributed by atoms with Crippen LogP contribution in [0, 0.1) is 5.92 Å². The number of hydrogen-bond donors (Lipinski definition) is 1. The summed E-state index contributed by atoms with van der Waals surface area (Å²) in [6.45, 7) is 2.33. The van der Waals surface area contributed by atoms with Crippen molar-refractivity contribution in [2.24, 2.45) is 5.92 Å². The summed E-state index contributed by atoms with van der Waals surface area (Å²) in [5.41, 5.74) is 1.45. The van der Waals surface area contributed by atoms with E-state index in [0.717, 1.165) is 28.9 Å². The molecule has 0 aromatic heterocycles. The standard InChI is InChI=1S/C14H18ClN/c1-9-6-14(9)16-13-7-11(8-13)10-2-4-12(15)5-3-10/h2-5,9,11,13-14,16H,6-8H2,1H3. The summed E-state index contributed by atoms with van der Waals surface area (Å²) < 4.78 is 0. The molecule has 0 heterocycles. The fraction of sp³-hybridized carbons (Fsp3) is 0.571. The van der Waals surface area contributed by atoms with Crippen LogP contribution in [-0.4, -0.2) is 12.1 Å². The highest BCUT2D eigenvalue weighted by Gasteiger charge is 2.38. The Kier molecular flexibility index (Phi) is 2.68. The molecule has 0 aliphatic heterocycles. The third-order valence-electron chi connectivity index (χ3n) is 4.04. The van der Waals surface area contributed by atoms with Crippen LogP contribution in [0.5, 0.6) is 0 Å². The van der Waals surface area contributed by atoms with Crippen LogP contribution in [0.1, 0.15) is 37.7 Å². The normalized spacial score (nSPS) is 36.9. The van der Waals surface area contributed by atoms with E-state index in [0.29, 0.717) is 0 Å². The Hall–Kier alpha value is -0.530. The Bertz CT molecular complexity index is 367. The van der Waals surface area contributed by atoms with Gasteiger partial charge in [0.2, 0.25) is 0 Å². The molecule has 2 fully saturated rings. The van der Waals surface area contributed by atoms with Crippen molar-refractivity contribution in [3.05, 3.63) is 34.9 Å². The molecule has 2 aliphatic carbocycles. The number of hydrogen-bond acceptors (Lipinski definition) is 1. The van der Waals surface area contributed by atoms with Crippen LogP contribution in [0.3, 0.4) is 0 Å². The molecule has 1 N–H and O–H groups in total. The van der Waals surface area contributed by atoms with E-state index in [4.69, 9.17) is 11.6 Å². The Labute approximate surface area is 102 Å². The van der Waals surface area contributed by atoms with Crippen molar-refractivity contribution in [2.75, 3.05) is 0 Å². The maximum atomic E-state index is 5.89. The van der Waals surface area contributed by atoms with E-state index in [2.05, 4.69) is 24.4 Å². The summed E-state index contributed by atoms with van der Waals surface area (Å²) in [4.78, 5) is 0. The second kappa shape index (κ2) is 4.05. The first kappa shape index (κ1) is 10.6. The molecule has 86 valence electrons. The van der Waals surface area contributed by atoms with Crippen LogP contribution in [0.25, 0.3) is 0 Å². The second-order valence-electron chi connectivity index (χ2n) is 5.40. The van der Waals surface area contributed by atoms with Gasteiger partial charge >= 0.3 is 0 Å². The maximum absolute atomic E-state index is 5.89. The third-order valence-corrected chi connectivity index (χ3v) is 4.29. The largest absolute Gasteiger partial charge is 0.311 e. The highest BCUT2D eigenvalue weighted by molar-refractivity contribution is 6.30. The van der Waals surface area contributed by atoms with E-state index >= 15 is 0 Å². The summed E-state index contributed by atoms with van der Waals surface area (Å²) in [7, 11) is 0. The second-order valence-corrected chi connectivity index (χ2v) is 5.84. The Balaban J connectivity index is 1.51. The van der Waals surface area contributed by atoms with Crippen molar-refractivity contribution in [1.82, 2.24) is 5.32 Å². The molecule has 0 saturated heterocycles. The quantitative estimate of drug-likeness (QED) is 0.845. The molecule has 1 nitrogen and oxygen atoms in total. The number of rotatable bonds is 3. The van der Waals surface area contributed by atoms with Crippen molar-refractivity contribution in [1.29, 1.82) is 0 Å². The van der Waals surface area contributed by atoms with Gasteiger partial charge in [0.15, 0.2) is 0 Å². The smallest absolute Gasteiger partial charge is 0.0406 e. The lowest BCUT2D eigenvalue weighted by Crippen LogP contribution is -2.41. The minimum atomic E-state index is 0.754. The topological polar surface area (TPSA) is 12.0 Å². The lowest BCUT2D eigenvalue weighted by Gasteiger charge is -2.36. The Morgan fingerprint density at radius 1 is 1.12 bits per heavy atom. The first-order valence-corrected chi connectivity index (χ1v) is 6.61. The molecule has 0 radical (unpaired) electrons. The van der Waals surface area contributed by atoms with E-state index in [1.54, 1.807) is 0 Å². The van der Waals surface area contributed by atoms with Crippen LogP contribution < -0.4 is 5.32 Å². The summed E-state index contributed by atoms with van der Waals surface area (Å²) in [5, 5.41) is 4.56. The first-order valence-electron chi connectivity index (χ1n) is 6.24. The Morgan fingerprint density at radius 3 is 2.31 bits per heavy atom. The molecule has 2 saturated carbocycles. The zero-order chi connectivity index (χ0) is 11.1. The SMILES string of the molecule is CC1CC1NC1CC(c2ccc(Cl)cc2)C1. The number of benzene rings is 1. The van der Waals surface area contributed by atoms with Gasteiger partial charge in [-0.1, -0.05) is 30.7 Å². The van der Waals surface area contributed by atoms with Gasteiger partial charge in [-0.25, -0.2) is 0 Å². The van der Waals surface area contributed by atoms with Crippen LogP contribution in [0.4, 0.5) is 0 Å². The Morgan fingerprint density at radius 2 is 1.75 bits per heavy atom. The van der Waals surface area contributed by atoms with Gasteiger partial charge in [0, 0.05) is 17.1 Å². The average molecular weight is 236 g/mol. The van der Waals surface area contributed by atoms with Crippen molar-refractivity contribution in [2.45, 2.75) is 44.2 Å². The van der Waals surface area contributed by atoms with E-state index in [-0.39, 0.29) is 0 Å². The van der Waals surface area contributed by atoms with E-state index < -0.39 is 0 Å². The molecule has 2 aliphatic rings. The lowest BCUT2D eigenvalue weighted by atomic mass is 9.76. The van der Waals surface area contributed by atoms with Crippen molar-refractivity contribution in [3.63, 3.8) is 0 Å². The van der Waals surface area contributed by atoms with Gasteiger partial charge in [-0.05, 0) is 48.8 Å². The van der Waals surface area contributed by atoms with E-state index in [1.165, 1.54) is 24.8 Å². The van der Waals surface area contributed by atoms with E-state index in [1.807, 2.05) is 12.1 Å². The van der Waals surface area contributed by atoms with Gasteiger partial charge in [-0.2, -0.15) is 0 Å². The molecule has 2 unspecified atom stereocenters. The summed E-state index contributed by atoms with van der Waals surface area (Å²) in [5.74, 6) is 1.67. The number of nitrogens with one attached hydrogen (secondary N) is 1. The minimum Gasteiger partial charge on any atom is -0.311 e. The van der Waals surface area contributed by atoms with E-state index in [9.17, 15) is 0 Å². The van der Waals surface area contributed by atoms with Gasteiger partial charge < -0.3 is 5.32 Å². The van der Waals surface area contributed by atoms with Crippen LogP contribution in [0.2, 0.25) is 5.02 Å². The van der Waals surface area contributed by atoms with Gasteiger partial charge in [-0.3, -0.25) is 0 Å². The highest BCUT2D eigenvalue weighted by atomic mass is 35.5. The molecule has 16 heavy (non-hydrogen) atoms. The molecule has 0 bridgehead atoms. The highest BCUT2D eigenvalue weighted by Crippen LogP contribution is 2.40. The molecule has 3 rings (SSSR count). The molecular weight excluding hydrogens is 218 g/mol. The minimum absolute atomic E-state index is 0.754. The van der Waals surface area contributed by atoms with Crippen LogP contribution >= 0.6 is 11.6 Å². The summed E-state index contributed by atoms with van der Waals surface area (Å²) >= 11 is 5.89. The summed E-state index contributed by atoms with van der Waals surface area (Å²) in [6.07, 6.45) is 3.97. The first-order chi connectivity index (χ1) is 7.72. The van der Waals surface area contributed by atoms with Gasteiger partial charge in [0.25, 0.3) is 0 Å².